The van der Waals surface area contributed by atoms with Crippen LogP contribution in [0.3, 0.4) is 0 Å². The predicted molar refractivity (Wildman–Crippen MR) is 124 cm³/mol. The van der Waals surface area contributed by atoms with Crippen molar-refractivity contribution in [2.24, 2.45) is 0 Å². The van der Waals surface area contributed by atoms with Gasteiger partial charge in [-0.05, 0) is 40.5 Å². The molecule has 0 fully saturated rings. The number of amides is 1. The fraction of sp³-hybridized carbons (Fsp3) is 0.222. The van der Waals surface area contributed by atoms with Crippen LogP contribution in [-0.4, -0.2) is 33.5 Å². The number of nitrogens with one attached hydrogen (secondary N) is 1. The third-order valence-electron chi connectivity index (χ3n) is 5.48. The highest BCUT2D eigenvalue weighted by Crippen LogP contribution is 2.44. The Balaban J connectivity index is 1.28. The number of rotatable bonds is 6. The van der Waals surface area contributed by atoms with Gasteiger partial charge in [0.05, 0.1) is 14.2 Å². The van der Waals surface area contributed by atoms with Crippen LogP contribution in [0.5, 0.6) is 11.5 Å². The molecule has 3 aromatic carbocycles. The van der Waals surface area contributed by atoms with E-state index in [9.17, 15) is 4.79 Å². The Morgan fingerprint density at radius 2 is 1.56 bits per heavy atom. The van der Waals surface area contributed by atoms with Gasteiger partial charge in [0.25, 0.3) is 0 Å². The van der Waals surface area contributed by atoms with Crippen LogP contribution in [0.4, 0.5) is 4.79 Å². The number of ether oxygens (including phenoxy) is 3. The minimum Gasteiger partial charge on any atom is -0.493 e. The Morgan fingerprint density at radius 1 is 0.906 bits per heavy atom. The average molecular weight is 428 g/mol. The van der Waals surface area contributed by atoms with Gasteiger partial charge in [-0.2, -0.15) is 0 Å². The van der Waals surface area contributed by atoms with Crippen LogP contribution in [0.2, 0.25) is 0 Å². The number of hydrogen-bond donors (Lipinski definition) is 1. The molecule has 0 aliphatic heterocycles. The van der Waals surface area contributed by atoms with Crippen LogP contribution in [0.1, 0.15) is 29.0 Å². The van der Waals surface area contributed by atoms with E-state index >= 15 is 0 Å². The van der Waals surface area contributed by atoms with E-state index in [4.69, 9.17) is 14.2 Å². The largest absolute Gasteiger partial charge is 0.493 e. The molecule has 0 saturated heterocycles. The molecule has 1 N–H and O–H groups in total. The molecular formula is C27H25NO4. The van der Waals surface area contributed by atoms with Crippen LogP contribution in [0, 0.1) is 11.8 Å². The normalized spacial score (nSPS) is 11.6. The second-order valence-corrected chi connectivity index (χ2v) is 7.37. The molecule has 0 radical (unpaired) electrons. The molecule has 5 heteroatoms. The molecule has 0 bridgehead atoms. The fourth-order valence-electron chi connectivity index (χ4n) is 3.96. The molecule has 1 amide bonds. The highest BCUT2D eigenvalue weighted by Gasteiger charge is 2.28. The van der Waals surface area contributed by atoms with Crippen molar-refractivity contribution in [2.45, 2.75) is 12.3 Å². The summed E-state index contributed by atoms with van der Waals surface area (Å²) in [6, 6.07) is 22.1. The minimum atomic E-state index is -0.431. The number of fused-ring (bicyclic) bond motifs is 3. The van der Waals surface area contributed by atoms with Gasteiger partial charge in [-0.3, -0.25) is 0 Å². The van der Waals surface area contributed by atoms with Crippen LogP contribution < -0.4 is 14.8 Å². The van der Waals surface area contributed by atoms with Crippen LogP contribution in [-0.2, 0) is 4.74 Å². The number of alkyl carbamates (subject to hydrolysis) is 1. The molecule has 0 spiro atoms. The molecule has 1 aliphatic rings. The molecule has 3 aromatic rings. The van der Waals surface area contributed by atoms with Crippen molar-refractivity contribution in [3.63, 3.8) is 0 Å². The van der Waals surface area contributed by atoms with E-state index in [1.807, 2.05) is 42.5 Å². The molecule has 32 heavy (non-hydrogen) atoms. The van der Waals surface area contributed by atoms with E-state index in [-0.39, 0.29) is 5.92 Å². The van der Waals surface area contributed by atoms with Gasteiger partial charge in [0.1, 0.15) is 6.61 Å². The standard InChI is InChI=1S/C27H25NO4/c1-30-25-15-14-19(17-26(25)31-2)9-7-8-16-28-27(29)32-18-24-22-12-5-3-10-20(22)21-11-4-6-13-23(21)24/h3-6,10-15,17,24H,8,16,18H2,1-2H3,(H,28,29). The molecule has 4 rings (SSSR count). The van der Waals surface area contributed by atoms with Crippen molar-refractivity contribution >= 4 is 6.09 Å². The van der Waals surface area contributed by atoms with E-state index in [0.717, 1.165) is 5.56 Å². The Morgan fingerprint density at radius 3 is 2.22 bits per heavy atom. The van der Waals surface area contributed by atoms with Gasteiger partial charge < -0.3 is 19.5 Å². The average Bonchev–Trinajstić information content (AvgIpc) is 3.16. The predicted octanol–water partition coefficient (Wildman–Crippen LogP) is 4.98. The summed E-state index contributed by atoms with van der Waals surface area (Å²) in [6.07, 6.45) is 0.0817. The lowest BCUT2D eigenvalue weighted by atomic mass is 9.98. The first-order valence-corrected chi connectivity index (χ1v) is 10.5. The summed E-state index contributed by atoms with van der Waals surface area (Å²) >= 11 is 0. The molecule has 1 aliphatic carbocycles. The first-order valence-electron chi connectivity index (χ1n) is 10.5. The monoisotopic (exact) mass is 427 g/mol. The van der Waals surface area contributed by atoms with Crippen LogP contribution in [0.15, 0.2) is 66.7 Å². The molecule has 162 valence electrons. The van der Waals surface area contributed by atoms with Crippen molar-refractivity contribution in [3.8, 4) is 34.5 Å². The summed E-state index contributed by atoms with van der Waals surface area (Å²) < 4.78 is 16.0. The Kier molecular flexibility index (Phi) is 6.62. The van der Waals surface area contributed by atoms with Crippen LogP contribution >= 0.6 is 0 Å². The highest BCUT2D eigenvalue weighted by atomic mass is 16.5. The minimum absolute atomic E-state index is 0.0537. The SMILES string of the molecule is COc1ccc(C#CCCNC(=O)OCC2c3ccccc3-c3ccccc32)cc1OC. The van der Waals surface area contributed by atoms with E-state index in [1.54, 1.807) is 14.2 Å². The number of carbonyl (C=O) groups excluding carboxylic acids is 1. The van der Waals surface area contributed by atoms with Gasteiger partial charge in [-0.25, -0.2) is 4.79 Å². The maximum atomic E-state index is 12.2. The Labute approximate surface area is 188 Å². The van der Waals surface area contributed by atoms with Gasteiger partial charge in [0, 0.05) is 24.4 Å². The second kappa shape index (κ2) is 9.93. The van der Waals surface area contributed by atoms with Crippen molar-refractivity contribution in [2.75, 3.05) is 27.4 Å². The van der Waals surface area contributed by atoms with Gasteiger partial charge in [-0.15, -0.1) is 0 Å². The van der Waals surface area contributed by atoms with E-state index in [0.29, 0.717) is 31.1 Å². The molecule has 0 atom stereocenters. The zero-order valence-electron chi connectivity index (χ0n) is 18.2. The zero-order valence-corrected chi connectivity index (χ0v) is 18.2. The van der Waals surface area contributed by atoms with Gasteiger partial charge in [0.15, 0.2) is 11.5 Å². The number of methoxy groups -OCH3 is 2. The summed E-state index contributed by atoms with van der Waals surface area (Å²) in [4.78, 5) is 12.2. The highest BCUT2D eigenvalue weighted by molar-refractivity contribution is 5.79. The number of hydrogen-bond acceptors (Lipinski definition) is 4. The summed E-state index contributed by atoms with van der Waals surface area (Å²) in [5.41, 5.74) is 5.64. The topological polar surface area (TPSA) is 56.8 Å². The fourth-order valence-corrected chi connectivity index (χ4v) is 3.96. The van der Waals surface area contributed by atoms with Gasteiger partial charge >= 0.3 is 6.09 Å². The summed E-state index contributed by atoms with van der Waals surface area (Å²) in [5.74, 6) is 7.47. The smallest absolute Gasteiger partial charge is 0.407 e. The molecule has 5 nitrogen and oxygen atoms in total. The lowest BCUT2D eigenvalue weighted by Crippen LogP contribution is -2.26. The third kappa shape index (κ3) is 4.55. The Bertz CT molecular complexity index is 1130. The maximum Gasteiger partial charge on any atom is 0.407 e. The molecule has 0 unspecified atom stereocenters. The lowest BCUT2D eigenvalue weighted by Gasteiger charge is -2.14. The first kappa shape index (κ1) is 21.3. The Hall–Kier alpha value is -3.91. The first-order chi connectivity index (χ1) is 15.7. The van der Waals surface area contributed by atoms with E-state index in [2.05, 4.69) is 41.4 Å². The molecule has 0 saturated carbocycles. The summed E-state index contributed by atoms with van der Waals surface area (Å²) in [7, 11) is 3.19. The molecule has 0 heterocycles. The number of carbonyl (C=O) groups is 1. The maximum absolute atomic E-state index is 12.2. The van der Waals surface area contributed by atoms with Gasteiger partial charge in [0.2, 0.25) is 0 Å². The van der Waals surface area contributed by atoms with Crippen molar-refractivity contribution in [3.05, 3.63) is 83.4 Å². The lowest BCUT2D eigenvalue weighted by molar-refractivity contribution is 0.143. The van der Waals surface area contributed by atoms with E-state index < -0.39 is 6.09 Å². The van der Waals surface area contributed by atoms with Crippen molar-refractivity contribution in [1.29, 1.82) is 0 Å². The quantitative estimate of drug-likeness (QED) is 0.445. The number of benzene rings is 3. The third-order valence-corrected chi connectivity index (χ3v) is 5.48. The second-order valence-electron chi connectivity index (χ2n) is 7.37. The van der Waals surface area contributed by atoms with Crippen molar-refractivity contribution < 1.29 is 19.0 Å². The molecular weight excluding hydrogens is 402 g/mol. The van der Waals surface area contributed by atoms with Crippen molar-refractivity contribution in [1.82, 2.24) is 5.32 Å². The zero-order chi connectivity index (χ0) is 22.3. The van der Waals surface area contributed by atoms with Gasteiger partial charge in [-0.1, -0.05) is 60.4 Å². The summed E-state index contributed by atoms with van der Waals surface area (Å²) in [5, 5.41) is 2.77. The summed E-state index contributed by atoms with van der Waals surface area (Å²) in [6.45, 7) is 0.716. The van der Waals surface area contributed by atoms with Crippen LogP contribution in [0.25, 0.3) is 11.1 Å². The molecule has 0 aromatic heterocycles. The van der Waals surface area contributed by atoms with E-state index in [1.165, 1.54) is 22.3 Å².